The number of nitrogens with one attached hydrogen (secondary N) is 2. The zero-order valence-corrected chi connectivity index (χ0v) is 13.9. The maximum Gasteiger partial charge on any atom is 0.191 e. The van der Waals surface area contributed by atoms with Crippen molar-refractivity contribution in [3.05, 3.63) is 42.2 Å². The van der Waals surface area contributed by atoms with E-state index in [9.17, 15) is 0 Å². The van der Waals surface area contributed by atoms with E-state index in [1.54, 1.807) is 0 Å². The molecule has 0 unspecified atom stereocenters. The van der Waals surface area contributed by atoms with Crippen LogP contribution in [0, 0.1) is 6.92 Å². The van der Waals surface area contributed by atoms with Gasteiger partial charge in [-0.1, -0.05) is 24.3 Å². The van der Waals surface area contributed by atoms with Crippen LogP contribution in [-0.2, 0) is 6.54 Å². The molecule has 0 fully saturated rings. The van der Waals surface area contributed by atoms with Crippen LogP contribution in [0.3, 0.4) is 0 Å². The molecule has 1 heterocycles. The normalized spacial score (nSPS) is 15.5. The second-order valence-electron chi connectivity index (χ2n) is 5.84. The molecular formula is C18H25N5. The minimum atomic E-state index is 0.476. The van der Waals surface area contributed by atoms with E-state index in [1.807, 2.05) is 6.07 Å². The molecule has 0 atom stereocenters. The number of rotatable bonds is 5. The van der Waals surface area contributed by atoms with Gasteiger partial charge in [0.2, 0.25) is 0 Å². The zero-order chi connectivity index (χ0) is 16.1. The SMILES string of the molecule is CCNC(=NCCn1c(C)nc2ccccc21)NC1CC=CC1. The minimum absolute atomic E-state index is 0.476. The molecule has 0 saturated heterocycles. The van der Waals surface area contributed by atoms with Gasteiger partial charge >= 0.3 is 0 Å². The number of hydrogen-bond donors (Lipinski definition) is 2. The molecule has 1 aromatic carbocycles. The fraction of sp³-hybridized carbons (Fsp3) is 0.444. The fourth-order valence-corrected chi connectivity index (χ4v) is 2.99. The summed E-state index contributed by atoms with van der Waals surface area (Å²) in [6.07, 6.45) is 6.61. The van der Waals surface area contributed by atoms with Crippen LogP contribution in [0.4, 0.5) is 0 Å². The van der Waals surface area contributed by atoms with Gasteiger partial charge in [-0.05, 0) is 38.8 Å². The Balaban J connectivity index is 1.66. The van der Waals surface area contributed by atoms with Gasteiger partial charge in [0.25, 0.3) is 0 Å². The lowest BCUT2D eigenvalue weighted by molar-refractivity contribution is 0.628. The van der Waals surface area contributed by atoms with Crippen molar-refractivity contribution in [3.8, 4) is 0 Å². The number of imidazole rings is 1. The van der Waals surface area contributed by atoms with Crippen LogP contribution < -0.4 is 10.6 Å². The first-order chi connectivity index (χ1) is 11.3. The molecule has 1 aromatic heterocycles. The van der Waals surface area contributed by atoms with Crippen LogP contribution in [0.5, 0.6) is 0 Å². The van der Waals surface area contributed by atoms with E-state index < -0.39 is 0 Å². The van der Waals surface area contributed by atoms with Crippen molar-refractivity contribution in [2.75, 3.05) is 13.1 Å². The highest BCUT2D eigenvalue weighted by molar-refractivity contribution is 5.80. The van der Waals surface area contributed by atoms with E-state index in [-0.39, 0.29) is 0 Å². The Kier molecular flexibility index (Phi) is 4.95. The molecule has 0 aliphatic heterocycles. The Morgan fingerprint density at radius 2 is 2.09 bits per heavy atom. The van der Waals surface area contributed by atoms with Crippen molar-refractivity contribution >= 4 is 17.0 Å². The molecule has 3 rings (SSSR count). The molecule has 0 amide bonds. The number of aryl methyl sites for hydroxylation is 1. The van der Waals surface area contributed by atoms with Crippen LogP contribution in [0.1, 0.15) is 25.6 Å². The van der Waals surface area contributed by atoms with Gasteiger partial charge in [-0.15, -0.1) is 0 Å². The van der Waals surface area contributed by atoms with Gasteiger partial charge in [-0.25, -0.2) is 4.98 Å². The van der Waals surface area contributed by atoms with Gasteiger partial charge in [0, 0.05) is 19.1 Å². The van der Waals surface area contributed by atoms with Crippen molar-refractivity contribution in [1.82, 2.24) is 20.2 Å². The number of aliphatic imine (C=N–C) groups is 1. The first-order valence-corrected chi connectivity index (χ1v) is 8.39. The van der Waals surface area contributed by atoms with Gasteiger partial charge in [-0.2, -0.15) is 0 Å². The van der Waals surface area contributed by atoms with Crippen LogP contribution in [0.2, 0.25) is 0 Å². The minimum Gasteiger partial charge on any atom is -0.357 e. The van der Waals surface area contributed by atoms with Gasteiger partial charge < -0.3 is 15.2 Å². The second-order valence-corrected chi connectivity index (χ2v) is 5.84. The third-order valence-electron chi connectivity index (χ3n) is 4.13. The van der Waals surface area contributed by atoms with Crippen molar-refractivity contribution < 1.29 is 0 Å². The largest absolute Gasteiger partial charge is 0.357 e. The molecule has 1 aliphatic rings. The number of aromatic nitrogens is 2. The molecule has 1 aliphatic carbocycles. The Bertz CT molecular complexity index is 705. The first-order valence-electron chi connectivity index (χ1n) is 8.39. The first kappa shape index (κ1) is 15.6. The standard InChI is InChI=1S/C18H25N5/c1-3-19-18(22-15-8-4-5-9-15)20-12-13-23-14(2)21-16-10-6-7-11-17(16)23/h4-7,10-11,15H,3,8-9,12-13H2,1-2H3,(H2,19,20,22). The Morgan fingerprint density at radius 3 is 2.87 bits per heavy atom. The predicted molar refractivity (Wildman–Crippen MR) is 95.7 cm³/mol. The molecular weight excluding hydrogens is 286 g/mol. The second kappa shape index (κ2) is 7.31. The molecule has 0 bridgehead atoms. The molecule has 0 saturated carbocycles. The van der Waals surface area contributed by atoms with Crippen LogP contribution in [0.25, 0.3) is 11.0 Å². The maximum absolute atomic E-state index is 4.72. The third-order valence-corrected chi connectivity index (χ3v) is 4.13. The van der Waals surface area contributed by atoms with Gasteiger partial charge in [0.15, 0.2) is 5.96 Å². The van der Waals surface area contributed by atoms with E-state index in [4.69, 9.17) is 4.99 Å². The zero-order valence-electron chi connectivity index (χ0n) is 13.9. The van der Waals surface area contributed by atoms with E-state index >= 15 is 0 Å². The number of fused-ring (bicyclic) bond motifs is 1. The fourth-order valence-electron chi connectivity index (χ4n) is 2.99. The van der Waals surface area contributed by atoms with E-state index in [1.165, 1.54) is 5.52 Å². The smallest absolute Gasteiger partial charge is 0.191 e. The number of para-hydroxylation sites is 2. The number of nitrogens with zero attached hydrogens (tertiary/aromatic N) is 3. The molecule has 23 heavy (non-hydrogen) atoms. The summed E-state index contributed by atoms with van der Waals surface area (Å²) in [5.41, 5.74) is 2.23. The Labute approximate surface area is 137 Å². The number of hydrogen-bond acceptors (Lipinski definition) is 2. The summed E-state index contributed by atoms with van der Waals surface area (Å²) in [7, 11) is 0. The summed E-state index contributed by atoms with van der Waals surface area (Å²) in [6.45, 7) is 6.59. The monoisotopic (exact) mass is 311 g/mol. The van der Waals surface area contributed by atoms with Crippen molar-refractivity contribution in [3.63, 3.8) is 0 Å². The van der Waals surface area contributed by atoms with Crippen LogP contribution >= 0.6 is 0 Å². The topological polar surface area (TPSA) is 54.2 Å². The maximum atomic E-state index is 4.72. The summed E-state index contributed by atoms with van der Waals surface area (Å²) in [5.74, 6) is 1.95. The molecule has 0 radical (unpaired) electrons. The quantitative estimate of drug-likeness (QED) is 0.507. The average Bonchev–Trinajstić information content (AvgIpc) is 3.15. The van der Waals surface area contributed by atoms with Crippen LogP contribution in [-0.4, -0.2) is 34.6 Å². The molecule has 5 heteroatoms. The van der Waals surface area contributed by atoms with Crippen molar-refractivity contribution in [2.45, 2.75) is 39.3 Å². The Morgan fingerprint density at radius 1 is 1.30 bits per heavy atom. The highest BCUT2D eigenvalue weighted by atomic mass is 15.2. The Hall–Kier alpha value is -2.30. The lowest BCUT2D eigenvalue weighted by atomic mass is 10.2. The average molecular weight is 311 g/mol. The lowest BCUT2D eigenvalue weighted by Crippen LogP contribution is -2.42. The predicted octanol–water partition coefficient (Wildman–Crippen LogP) is 2.62. The molecule has 5 nitrogen and oxygen atoms in total. The summed E-state index contributed by atoms with van der Waals surface area (Å²) in [4.78, 5) is 9.32. The van der Waals surface area contributed by atoms with Crippen molar-refractivity contribution in [1.29, 1.82) is 0 Å². The number of benzene rings is 1. The molecule has 2 aromatic rings. The highest BCUT2D eigenvalue weighted by Crippen LogP contribution is 2.15. The van der Waals surface area contributed by atoms with Gasteiger partial charge in [0.05, 0.1) is 17.6 Å². The lowest BCUT2D eigenvalue weighted by Gasteiger charge is -2.16. The van der Waals surface area contributed by atoms with E-state index in [0.29, 0.717) is 6.04 Å². The number of guanidine groups is 1. The van der Waals surface area contributed by atoms with Gasteiger partial charge in [-0.3, -0.25) is 4.99 Å². The molecule has 122 valence electrons. The van der Waals surface area contributed by atoms with Crippen LogP contribution in [0.15, 0.2) is 41.4 Å². The third kappa shape index (κ3) is 3.73. The molecule has 2 N–H and O–H groups in total. The van der Waals surface area contributed by atoms with Crippen molar-refractivity contribution in [2.24, 2.45) is 4.99 Å². The summed E-state index contributed by atoms with van der Waals surface area (Å²) >= 11 is 0. The van der Waals surface area contributed by atoms with E-state index in [0.717, 1.165) is 49.8 Å². The summed E-state index contributed by atoms with van der Waals surface area (Å²) < 4.78 is 2.24. The molecule has 0 spiro atoms. The van der Waals surface area contributed by atoms with E-state index in [2.05, 4.69) is 64.4 Å². The summed E-state index contributed by atoms with van der Waals surface area (Å²) in [6, 6.07) is 8.74. The van der Waals surface area contributed by atoms with Gasteiger partial charge in [0.1, 0.15) is 5.82 Å². The highest BCUT2D eigenvalue weighted by Gasteiger charge is 2.11. The summed E-state index contributed by atoms with van der Waals surface area (Å²) in [5, 5.41) is 6.83.